The molecule has 4 atom stereocenters. The maximum atomic E-state index is 13.6. The van der Waals surface area contributed by atoms with Gasteiger partial charge in [0.1, 0.15) is 11.4 Å². The Labute approximate surface area is 180 Å². The Morgan fingerprint density at radius 2 is 1.90 bits per heavy atom. The summed E-state index contributed by atoms with van der Waals surface area (Å²) < 4.78 is 13.6. The number of hydrogen-bond acceptors (Lipinski definition) is 5. The molecule has 31 heavy (non-hydrogen) atoms. The van der Waals surface area contributed by atoms with Gasteiger partial charge in [0, 0.05) is 23.7 Å². The maximum Gasteiger partial charge on any atom is 0.250 e. The van der Waals surface area contributed by atoms with Gasteiger partial charge in [-0.25, -0.2) is 9.29 Å². The number of rotatable bonds is 3. The molecular weight excluding hydrogens is 427 g/mol. The number of carbonyl (C=O) groups excluding carboxylic acids is 4. The summed E-state index contributed by atoms with van der Waals surface area (Å²) in [5, 5.41) is 5.60. The van der Waals surface area contributed by atoms with Gasteiger partial charge in [0.05, 0.1) is 22.5 Å². The average molecular weight is 443 g/mol. The highest BCUT2D eigenvalue weighted by Gasteiger charge is 2.70. The average Bonchev–Trinajstić information content (AvgIpc) is 3.29. The zero-order valence-corrected chi connectivity index (χ0v) is 16.7. The Hall–Kier alpha value is -3.30. The van der Waals surface area contributed by atoms with Crippen LogP contribution in [0, 0.1) is 17.7 Å². The zero-order chi connectivity index (χ0) is 22.1. The zero-order valence-electron chi connectivity index (χ0n) is 15.9. The van der Waals surface area contributed by atoms with E-state index in [0.717, 1.165) is 11.0 Å². The number of benzene rings is 2. The molecule has 0 saturated carbocycles. The fourth-order valence-corrected chi connectivity index (χ4v) is 5.20. The van der Waals surface area contributed by atoms with Crippen LogP contribution in [0.3, 0.4) is 0 Å². The molecule has 5 rings (SSSR count). The standard InChI is InChI=1S/C21H16ClFN4O4/c22-11-7-9(5-6-12(11)23)27-18(29)16-14(8-15(24)28)26-21(17(16)19(27)30)10-3-1-2-4-13(10)25-20(21)31/h1-7,14,16-17,26H,8H2,(H2,24,28)(H,25,31). The van der Waals surface area contributed by atoms with E-state index in [-0.39, 0.29) is 17.1 Å². The first kappa shape index (κ1) is 19.7. The predicted molar refractivity (Wildman–Crippen MR) is 108 cm³/mol. The molecule has 4 amide bonds. The molecule has 2 saturated heterocycles. The van der Waals surface area contributed by atoms with Crippen molar-refractivity contribution in [2.75, 3.05) is 10.2 Å². The van der Waals surface area contributed by atoms with Gasteiger partial charge < -0.3 is 11.1 Å². The summed E-state index contributed by atoms with van der Waals surface area (Å²) in [6, 6.07) is 9.51. The molecule has 3 aliphatic rings. The van der Waals surface area contributed by atoms with E-state index in [2.05, 4.69) is 10.6 Å². The van der Waals surface area contributed by atoms with Gasteiger partial charge in [0.25, 0.3) is 0 Å². The number of para-hydroxylation sites is 1. The second-order valence-corrected chi connectivity index (χ2v) is 8.25. The molecule has 0 aromatic heterocycles. The van der Waals surface area contributed by atoms with Crippen LogP contribution >= 0.6 is 11.6 Å². The van der Waals surface area contributed by atoms with E-state index in [1.54, 1.807) is 24.3 Å². The van der Waals surface area contributed by atoms with Crippen molar-refractivity contribution >= 4 is 46.6 Å². The Morgan fingerprint density at radius 1 is 1.16 bits per heavy atom. The first-order valence-electron chi connectivity index (χ1n) is 9.55. The number of primary amides is 1. The maximum absolute atomic E-state index is 13.6. The minimum atomic E-state index is -1.54. The van der Waals surface area contributed by atoms with Crippen LogP contribution in [0.1, 0.15) is 12.0 Å². The molecule has 8 nitrogen and oxygen atoms in total. The van der Waals surface area contributed by atoms with E-state index in [4.69, 9.17) is 17.3 Å². The largest absolute Gasteiger partial charge is 0.370 e. The number of carbonyl (C=O) groups is 4. The van der Waals surface area contributed by atoms with E-state index in [9.17, 15) is 23.6 Å². The van der Waals surface area contributed by atoms with Gasteiger partial charge in [0.15, 0.2) is 0 Å². The second-order valence-electron chi connectivity index (χ2n) is 7.84. The van der Waals surface area contributed by atoms with Gasteiger partial charge in [-0.3, -0.25) is 24.5 Å². The van der Waals surface area contributed by atoms with Crippen LogP contribution in [-0.4, -0.2) is 29.7 Å². The van der Waals surface area contributed by atoms with Crippen molar-refractivity contribution < 1.29 is 23.6 Å². The van der Waals surface area contributed by atoms with Crippen molar-refractivity contribution in [1.29, 1.82) is 0 Å². The van der Waals surface area contributed by atoms with Crippen molar-refractivity contribution in [1.82, 2.24) is 5.32 Å². The van der Waals surface area contributed by atoms with Gasteiger partial charge in [-0.15, -0.1) is 0 Å². The van der Waals surface area contributed by atoms with Crippen molar-refractivity contribution in [3.63, 3.8) is 0 Å². The summed E-state index contributed by atoms with van der Waals surface area (Å²) in [5.41, 5.74) is 4.97. The lowest BCUT2D eigenvalue weighted by atomic mass is 9.76. The molecule has 2 aromatic rings. The molecule has 3 heterocycles. The Morgan fingerprint density at radius 3 is 2.61 bits per heavy atom. The minimum Gasteiger partial charge on any atom is -0.370 e. The third-order valence-electron chi connectivity index (χ3n) is 6.20. The lowest BCUT2D eigenvalue weighted by Crippen LogP contribution is -2.53. The Bertz CT molecular complexity index is 1190. The monoisotopic (exact) mass is 442 g/mol. The summed E-state index contributed by atoms with van der Waals surface area (Å²) in [7, 11) is 0. The molecule has 4 N–H and O–H groups in total. The molecule has 4 unspecified atom stereocenters. The van der Waals surface area contributed by atoms with E-state index >= 15 is 0 Å². The second kappa shape index (κ2) is 6.60. The van der Waals surface area contributed by atoms with Crippen LogP contribution in [0.5, 0.6) is 0 Å². The van der Waals surface area contributed by atoms with Crippen molar-refractivity contribution in [3.05, 3.63) is 58.9 Å². The molecule has 1 spiro atoms. The fraction of sp³-hybridized carbons (Fsp3) is 0.238. The number of amides is 4. The first-order chi connectivity index (χ1) is 14.8. The highest BCUT2D eigenvalue weighted by molar-refractivity contribution is 6.32. The molecular formula is C21H16ClFN4O4. The van der Waals surface area contributed by atoms with Crippen LogP contribution in [0.25, 0.3) is 0 Å². The van der Waals surface area contributed by atoms with E-state index in [1.807, 2.05) is 0 Å². The molecule has 0 radical (unpaired) electrons. The van der Waals surface area contributed by atoms with Crippen molar-refractivity contribution in [2.24, 2.45) is 17.6 Å². The van der Waals surface area contributed by atoms with Crippen molar-refractivity contribution in [3.8, 4) is 0 Å². The number of nitrogens with one attached hydrogen (secondary N) is 2. The van der Waals surface area contributed by atoms with Crippen LogP contribution in [0.4, 0.5) is 15.8 Å². The van der Waals surface area contributed by atoms with Crippen LogP contribution in [-0.2, 0) is 24.7 Å². The van der Waals surface area contributed by atoms with Crippen molar-refractivity contribution in [2.45, 2.75) is 18.0 Å². The first-order valence-corrected chi connectivity index (χ1v) is 9.93. The molecule has 0 bridgehead atoms. The van der Waals surface area contributed by atoms with Crippen LogP contribution in [0.2, 0.25) is 5.02 Å². The number of nitrogens with two attached hydrogens (primary N) is 1. The summed E-state index contributed by atoms with van der Waals surface area (Å²) in [5.74, 6) is -5.23. The van der Waals surface area contributed by atoms with E-state index in [1.165, 1.54) is 12.1 Å². The summed E-state index contributed by atoms with van der Waals surface area (Å²) in [4.78, 5) is 52.8. The number of hydrogen-bond donors (Lipinski definition) is 3. The third-order valence-corrected chi connectivity index (χ3v) is 6.49. The number of imide groups is 1. The Balaban J connectivity index is 1.67. The quantitative estimate of drug-likeness (QED) is 0.618. The SMILES string of the molecule is NC(=O)CC1NC2(C(=O)Nc3ccccc32)C2C(=O)N(c3ccc(F)c(Cl)c3)C(=O)C12. The minimum absolute atomic E-state index is 0.0930. The van der Waals surface area contributed by atoms with Gasteiger partial charge in [0.2, 0.25) is 23.6 Å². The van der Waals surface area contributed by atoms with Gasteiger partial charge >= 0.3 is 0 Å². The smallest absolute Gasteiger partial charge is 0.250 e. The highest BCUT2D eigenvalue weighted by Crippen LogP contribution is 2.53. The molecule has 2 aromatic carbocycles. The molecule has 2 fully saturated rings. The lowest BCUT2D eigenvalue weighted by Gasteiger charge is -2.29. The molecule has 0 aliphatic carbocycles. The number of nitrogens with zero attached hydrogens (tertiary/aromatic N) is 1. The predicted octanol–water partition coefficient (Wildman–Crippen LogP) is 1.28. The molecule has 3 aliphatic heterocycles. The molecule has 158 valence electrons. The highest BCUT2D eigenvalue weighted by atomic mass is 35.5. The van der Waals surface area contributed by atoms with E-state index in [0.29, 0.717) is 11.3 Å². The fourth-order valence-electron chi connectivity index (χ4n) is 5.03. The van der Waals surface area contributed by atoms with E-state index < -0.39 is 52.9 Å². The van der Waals surface area contributed by atoms with Gasteiger partial charge in [-0.2, -0.15) is 0 Å². The number of fused-ring (bicyclic) bond motifs is 4. The molecule has 10 heteroatoms. The van der Waals surface area contributed by atoms with Crippen LogP contribution < -0.4 is 21.3 Å². The topological polar surface area (TPSA) is 122 Å². The lowest BCUT2D eigenvalue weighted by molar-refractivity contribution is -0.130. The summed E-state index contributed by atoms with van der Waals surface area (Å²) >= 11 is 5.85. The van der Waals surface area contributed by atoms with Gasteiger partial charge in [-0.1, -0.05) is 29.8 Å². The third kappa shape index (κ3) is 2.56. The normalized spacial score (nSPS) is 28.8. The summed E-state index contributed by atoms with van der Waals surface area (Å²) in [6.45, 7) is 0. The number of halogens is 2. The number of anilines is 2. The Kier molecular flexibility index (Phi) is 4.18. The van der Waals surface area contributed by atoms with Gasteiger partial charge in [-0.05, 0) is 24.3 Å². The summed E-state index contributed by atoms with van der Waals surface area (Å²) in [6.07, 6.45) is -0.241. The van der Waals surface area contributed by atoms with Crippen LogP contribution in [0.15, 0.2) is 42.5 Å².